The average molecular weight is 734 g/mol. The highest BCUT2D eigenvalue weighted by Gasteiger charge is 2.44. The maximum atomic E-state index is 12.9. The van der Waals surface area contributed by atoms with Crippen LogP contribution in [0.25, 0.3) is 11.2 Å². The number of hydrogen-bond acceptors (Lipinski definition) is 10. The van der Waals surface area contributed by atoms with E-state index in [0.29, 0.717) is 11.5 Å². The standard InChI is InChI=1S/C36H40N5O8PS/c1-22(2)33(42)39-35-38-32-31(34(43)40-35)37-21-41(32)30-19-28(49-50(5,44)51)29(48-30)20-47-36(23-9-7-6-8-10-23,24-11-15-26(45-3)16-12-24)25-13-17-27(46-4)18-14-25/h6-18,21-22,28-30H,19-20H2,1-5H3,(H,44,51)(H2,38,39,40,42,43)/t28-,29+,30+,50?/m0/s1. The van der Waals surface area contributed by atoms with Gasteiger partial charge in [-0.15, -0.1) is 0 Å². The van der Waals surface area contributed by atoms with E-state index in [4.69, 9.17) is 35.3 Å². The highest BCUT2D eigenvalue weighted by molar-refractivity contribution is 8.09. The number of hydrogen-bond donors (Lipinski definition) is 3. The van der Waals surface area contributed by atoms with Crippen LogP contribution in [0.2, 0.25) is 0 Å². The molecule has 5 aromatic rings. The zero-order valence-corrected chi connectivity index (χ0v) is 30.5. The topological polar surface area (TPSA) is 159 Å². The lowest BCUT2D eigenvalue weighted by molar-refractivity contribution is -0.118. The summed E-state index contributed by atoms with van der Waals surface area (Å²) >= 11 is 5.33. The van der Waals surface area contributed by atoms with Crippen LogP contribution in [0.15, 0.2) is 90.0 Å². The summed E-state index contributed by atoms with van der Waals surface area (Å²) in [6.07, 6.45) is -0.473. The third-order valence-electron chi connectivity index (χ3n) is 8.66. The van der Waals surface area contributed by atoms with E-state index in [1.54, 1.807) is 32.6 Å². The second-order valence-electron chi connectivity index (χ2n) is 12.5. The number of amides is 1. The van der Waals surface area contributed by atoms with Gasteiger partial charge in [0.1, 0.15) is 29.4 Å². The number of carbonyl (C=O) groups is 1. The first-order chi connectivity index (χ1) is 24.4. The highest BCUT2D eigenvalue weighted by Crippen LogP contribution is 2.47. The molecule has 0 bridgehead atoms. The predicted octanol–water partition coefficient (Wildman–Crippen LogP) is 5.34. The first kappa shape index (κ1) is 36.4. The van der Waals surface area contributed by atoms with Crippen LogP contribution in [0.5, 0.6) is 11.5 Å². The molecule has 0 saturated carbocycles. The van der Waals surface area contributed by atoms with Crippen molar-refractivity contribution in [2.45, 2.75) is 44.3 Å². The van der Waals surface area contributed by atoms with Crippen molar-refractivity contribution in [3.05, 3.63) is 112 Å². The Morgan fingerprint density at radius 2 is 1.63 bits per heavy atom. The fraction of sp³-hybridized carbons (Fsp3) is 0.333. The second-order valence-corrected chi connectivity index (χ2v) is 16.4. The van der Waals surface area contributed by atoms with Gasteiger partial charge in [0.05, 0.1) is 33.3 Å². The van der Waals surface area contributed by atoms with Crippen LogP contribution >= 0.6 is 6.49 Å². The molecule has 4 atom stereocenters. The lowest BCUT2D eigenvalue weighted by atomic mass is 9.80. The molecule has 2 aromatic heterocycles. The van der Waals surface area contributed by atoms with Crippen LogP contribution in [0.1, 0.15) is 43.2 Å². The number of aromatic amines is 1. The summed E-state index contributed by atoms with van der Waals surface area (Å²) in [5.74, 6) is 0.730. The van der Waals surface area contributed by atoms with Crippen LogP contribution in [-0.2, 0) is 36.2 Å². The molecule has 268 valence electrons. The fourth-order valence-corrected chi connectivity index (χ4v) is 7.18. The number of fused-ring (bicyclic) bond motifs is 1. The Morgan fingerprint density at radius 3 is 2.18 bits per heavy atom. The van der Waals surface area contributed by atoms with E-state index in [1.807, 2.05) is 78.9 Å². The average Bonchev–Trinajstić information content (AvgIpc) is 3.72. The largest absolute Gasteiger partial charge is 0.497 e. The smallest absolute Gasteiger partial charge is 0.280 e. The Kier molecular flexibility index (Phi) is 10.7. The second kappa shape index (κ2) is 15.0. The Labute approximate surface area is 300 Å². The zero-order chi connectivity index (χ0) is 36.3. The number of anilines is 1. The van der Waals surface area contributed by atoms with Crippen LogP contribution < -0.4 is 20.3 Å². The van der Waals surface area contributed by atoms with E-state index in [9.17, 15) is 14.5 Å². The number of benzene rings is 3. The van der Waals surface area contributed by atoms with Gasteiger partial charge in [0.15, 0.2) is 17.7 Å². The van der Waals surface area contributed by atoms with Gasteiger partial charge in [-0.1, -0.05) is 68.4 Å². The van der Waals surface area contributed by atoms with Crippen molar-refractivity contribution in [3.63, 3.8) is 0 Å². The molecular formula is C36H40N5O8PS. The lowest BCUT2D eigenvalue weighted by Gasteiger charge is -2.37. The molecule has 3 N–H and O–H groups in total. The normalized spacial score (nSPS) is 18.8. The van der Waals surface area contributed by atoms with Gasteiger partial charge in [-0.2, -0.15) is 4.98 Å². The highest BCUT2D eigenvalue weighted by atomic mass is 32.5. The molecule has 51 heavy (non-hydrogen) atoms. The van der Waals surface area contributed by atoms with Crippen molar-refractivity contribution < 1.29 is 33.2 Å². The first-order valence-corrected chi connectivity index (χ1v) is 19.4. The van der Waals surface area contributed by atoms with Gasteiger partial charge in [-0.3, -0.25) is 24.5 Å². The summed E-state index contributed by atoms with van der Waals surface area (Å²) in [5, 5.41) is 2.64. The number of rotatable bonds is 13. The van der Waals surface area contributed by atoms with Gasteiger partial charge in [0.25, 0.3) is 5.56 Å². The minimum absolute atomic E-state index is 0.000208. The minimum Gasteiger partial charge on any atom is -0.497 e. The number of imidazole rings is 1. The van der Waals surface area contributed by atoms with Crippen molar-refractivity contribution in [1.82, 2.24) is 19.5 Å². The molecule has 15 heteroatoms. The number of H-pyrrole nitrogens is 1. The van der Waals surface area contributed by atoms with Gasteiger partial charge in [-0.05, 0) is 52.8 Å². The van der Waals surface area contributed by atoms with E-state index in [2.05, 4.69) is 20.3 Å². The molecule has 6 rings (SSSR count). The molecule has 1 unspecified atom stereocenters. The van der Waals surface area contributed by atoms with Gasteiger partial charge < -0.3 is 28.4 Å². The zero-order valence-electron chi connectivity index (χ0n) is 28.8. The van der Waals surface area contributed by atoms with Crippen molar-refractivity contribution in [1.29, 1.82) is 0 Å². The fourth-order valence-electron chi connectivity index (χ4n) is 6.12. The Hall–Kier alpha value is -4.43. The van der Waals surface area contributed by atoms with Crippen molar-refractivity contribution in [2.75, 3.05) is 32.8 Å². The van der Waals surface area contributed by atoms with Gasteiger partial charge in [0.2, 0.25) is 11.9 Å². The van der Waals surface area contributed by atoms with E-state index in [1.165, 1.54) is 13.0 Å². The number of aromatic nitrogens is 4. The van der Waals surface area contributed by atoms with E-state index < -0.39 is 36.1 Å². The summed E-state index contributed by atoms with van der Waals surface area (Å²) < 4.78 is 32.3. The maximum Gasteiger partial charge on any atom is 0.280 e. The van der Waals surface area contributed by atoms with E-state index in [-0.39, 0.29) is 42.0 Å². The molecule has 0 radical (unpaired) electrons. The maximum absolute atomic E-state index is 12.9. The summed E-state index contributed by atoms with van der Waals surface area (Å²) in [4.78, 5) is 47.4. The molecule has 1 amide bonds. The SMILES string of the molecule is COc1ccc(C(OC[C@H]2O[C@@H](n3cnc4c(=O)[nH]c(NC(=O)C(C)C)nc43)C[C@@H]2OP(C)(O)=S)(c2ccccc2)c2ccc(OC)cc2)cc1. The predicted molar refractivity (Wildman–Crippen MR) is 196 cm³/mol. The summed E-state index contributed by atoms with van der Waals surface area (Å²) in [6, 6.07) is 25.2. The van der Waals surface area contributed by atoms with Gasteiger partial charge in [0, 0.05) is 19.0 Å². The monoisotopic (exact) mass is 733 g/mol. The molecule has 13 nitrogen and oxygen atoms in total. The van der Waals surface area contributed by atoms with E-state index in [0.717, 1.165) is 16.7 Å². The molecule has 0 spiro atoms. The van der Waals surface area contributed by atoms with Crippen LogP contribution in [-0.4, -0.2) is 70.0 Å². The van der Waals surface area contributed by atoms with Crippen molar-refractivity contribution >= 4 is 41.3 Å². The van der Waals surface area contributed by atoms with Crippen LogP contribution in [0, 0.1) is 5.92 Å². The number of nitrogens with zero attached hydrogens (tertiary/aromatic N) is 3. The third kappa shape index (κ3) is 7.76. The third-order valence-corrected chi connectivity index (χ3v) is 9.58. The molecule has 0 aliphatic carbocycles. The minimum atomic E-state index is -3.17. The number of nitrogens with one attached hydrogen (secondary N) is 2. The molecule has 1 saturated heterocycles. The molecule has 1 aliphatic rings. The quantitative estimate of drug-likeness (QED) is 0.106. The molecule has 1 aliphatic heterocycles. The Balaban J connectivity index is 1.40. The number of methoxy groups -OCH3 is 2. The van der Waals surface area contributed by atoms with Crippen LogP contribution in [0.3, 0.4) is 0 Å². The molecular weight excluding hydrogens is 693 g/mol. The van der Waals surface area contributed by atoms with Gasteiger partial charge >= 0.3 is 0 Å². The van der Waals surface area contributed by atoms with Gasteiger partial charge in [-0.25, -0.2) is 4.98 Å². The summed E-state index contributed by atoms with van der Waals surface area (Å²) in [7, 11) is 3.23. The Morgan fingerprint density at radius 1 is 1.04 bits per heavy atom. The number of ether oxygens (including phenoxy) is 4. The molecule has 3 aromatic carbocycles. The van der Waals surface area contributed by atoms with Crippen LogP contribution in [0.4, 0.5) is 5.95 Å². The summed E-state index contributed by atoms with van der Waals surface area (Å²) in [5.41, 5.74) is 1.13. The summed E-state index contributed by atoms with van der Waals surface area (Å²) in [6.45, 7) is 1.77. The first-order valence-electron chi connectivity index (χ1n) is 16.3. The van der Waals surface area contributed by atoms with Crippen molar-refractivity contribution in [3.8, 4) is 11.5 Å². The number of carbonyl (C=O) groups excluding carboxylic acids is 1. The lowest BCUT2D eigenvalue weighted by Crippen LogP contribution is -2.38. The molecule has 3 heterocycles. The Bertz CT molecular complexity index is 2040. The van der Waals surface area contributed by atoms with Crippen molar-refractivity contribution in [2.24, 2.45) is 5.92 Å². The van der Waals surface area contributed by atoms with E-state index >= 15 is 0 Å². The molecule has 1 fully saturated rings.